The normalized spacial score (nSPS) is 16.5. The number of amides is 2. The molecule has 144 valence electrons. The quantitative estimate of drug-likeness (QED) is 0.730. The van der Waals surface area contributed by atoms with Crippen LogP contribution in [0.5, 0.6) is 0 Å². The average molecular weight is 378 g/mol. The molecule has 0 spiro atoms. The SMILES string of the molecule is Cn1c(CNC(=O)c2cn3c(n2)C(=O)N(CC2CC2)CC3)nc2ccccc21. The fourth-order valence-electron chi connectivity index (χ4n) is 3.73. The average Bonchev–Trinajstić information content (AvgIpc) is 3.31. The van der Waals surface area contributed by atoms with E-state index in [4.69, 9.17) is 0 Å². The molecule has 0 bridgehead atoms. The van der Waals surface area contributed by atoms with Gasteiger partial charge in [-0.3, -0.25) is 9.59 Å². The Morgan fingerprint density at radius 2 is 2.04 bits per heavy atom. The Hall–Kier alpha value is -3.16. The number of carbonyl (C=O) groups excluding carboxylic acids is 2. The lowest BCUT2D eigenvalue weighted by molar-refractivity contribution is 0.0688. The van der Waals surface area contributed by atoms with Gasteiger partial charge < -0.3 is 19.4 Å². The number of para-hydroxylation sites is 2. The number of aryl methyl sites for hydroxylation is 1. The largest absolute Gasteiger partial charge is 0.343 e. The first-order chi connectivity index (χ1) is 13.6. The Labute approximate surface area is 162 Å². The second-order valence-electron chi connectivity index (χ2n) is 7.60. The van der Waals surface area contributed by atoms with E-state index < -0.39 is 0 Å². The topological polar surface area (TPSA) is 85.0 Å². The number of hydrogen-bond acceptors (Lipinski definition) is 4. The van der Waals surface area contributed by atoms with Crippen LogP contribution in [0.2, 0.25) is 0 Å². The van der Waals surface area contributed by atoms with Crippen molar-refractivity contribution in [1.82, 2.24) is 29.3 Å². The zero-order chi connectivity index (χ0) is 19.3. The monoisotopic (exact) mass is 378 g/mol. The molecular weight excluding hydrogens is 356 g/mol. The molecule has 8 heteroatoms. The lowest BCUT2D eigenvalue weighted by Crippen LogP contribution is -2.41. The molecule has 1 aromatic carbocycles. The third-order valence-electron chi connectivity index (χ3n) is 5.56. The molecule has 2 aromatic heterocycles. The van der Waals surface area contributed by atoms with Crippen molar-refractivity contribution >= 4 is 22.8 Å². The van der Waals surface area contributed by atoms with Crippen LogP contribution in [-0.2, 0) is 20.1 Å². The van der Waals surface area contributed by atoms with Gasteiger partial charge in [-0.2, -0.15) is 0 Å². The number of hydrogen-bond donors (Lipinski definition) is 1. The Balaban J connectivity index is 1.29. The predicted molar refractivity (Wildman–Crippen MR) is 103 cm³/mol. The van der Waals surface area contributed by atoms with E-state index >= 15 is 0 Å². The molecule has 1 N–H and O–H groups in total. The first kappa shape index (κ1) is 17.0. The highest BCUT2D eigenvalue weighted by molar-refractivity contribution is 5.96. The van der Waals surface area contributed by atoms with E-state index in [2.05, 4.69) is 15.3 Å². The summed E-state index contributed by atoms with van der Waals surface area (Å²) in [6.45, 7) is 2.46. The van der Waals surface area contributed by atoms with E-state index in [1.807, 2.05) is 40.8 Å². The van der Waals surface area contributed by atoms with E-state index in [0.29, 0.717) is 31.4 Å². The fraction of sp³-hybridized carbons (Fsp3) is 0.400. The van der Waals surface area contributed by atoms with Crippen LogP contribution in [0.1, 0.15) is 39.8 Å². The minimum Gasteiger partial charge on any atom is -0.343 e. The smallest absolute Gasteiger partial charge is 0.289 e. The van der Waals surface area contributed by atoms with Crippen molar-refractivity contribution in [3.8, 4) is 0 Å². The van der Waals surface area contributed by atoms with E-state index in [1.54, 1.807) is 10.8 Å². The highest BCUT2D eigenvalue weighted by atomic mass is 16.2. The molecule has 1 saturated carbocycles. The van der Waals surface area contributed by atoms with Crippen molar-refractivity contribution in [3.05, 3.63) is 47.8 Å². The van der Waals surface area contributed by atoms with Gasteiger partial charge in [-0.05, 0) is 30.9 Å². The van der Waals surface area contributed by atoms with Gasteiger partial charge in [0.05, 0.1) is 17.6 Å². The van der Waals surface area contributed by atoms with E-state index in [0.717, 1.165) is 23.4 Å². The Morgan fingerprint density at radius 3 is 2.82 bits per heavy atom. The molecule has 2 aliphatic rings. The summed E-state index contributed by atoms with van der Waals surface area (Å²) < 4.78 is 3.75. The molecule has 8 nitrogen and oxygen atoms in total. The van der Waals surface area contributed by atoms with E-state index in [9.17, 15) is 9.59 Å². The van der Waals surface area contributed by atoms with Gasteiger partial charge in [0.1, 0.15) is 11.5 Å². The number of rotatable bonds is 5. The molecule has 28 heavy (non-hydrogen) atoms. The van der Waals surface area contributed by atoms with E-state index in [-0.39, 0.29) is 17.5 Å². The molecular formula is C20H22N6O2. The van der Waals surface area contributed by atoms with Crippen molar-refractivity contribution in [2.24, 2.45) is 13.0 Å². The van der Waals surface area contributed by atoms with Gasteiger partial charge in [0, 0.05) is 32.9 Å². The first-order valence-electron chi connectivity index (χ1n) is 9.65. The number of imidazole rings is 2. The van der Waals surface area contributed by atoms with Crippen molar-refractivity contribution in [1.29, 1.82) is 0 Å². The Bertz CT molecular complexity index is 1080. The minimum atomic E-state index is -0.296. The van der Waals surface area contributed by atoms with Gasteiger partial charge in [-0.15, -0.1) is 0 Å². The van der Waals surface area contributed by atoms with Crippen LogP contribution in [-0.4, -0.2) is 48.9 Å². The number of carbonyl (C=O) groups is 2. The number of nitrogens with one attached hydrogen (secondary N) is 1. The molecule has 0 saturated heterocycles. The third kappa shape index (κ3) is 2.94. The zero-order valence-electron chi connectivity index (χ0n) is 15.8. The lowest BCUT2D eigenvalue weighted by Gasteiger charge is -2.27. The summed E-state index contributed by atoms with van der Waals surface area (Å²) in [4.78, 5) is 36.0. The Kier molecular flexibility index (Phi) is 3.92. The lowest BCUT2D eigenvalue weighted by atomic mass is 10.3. The molecule has 1 aliphatic heterocycles. The predicted octanol–water partition coefficient (Wildman–Crippen LogP) is 1.57. The maximum Gasteiger partial charge on any atom is 0.289 e. The van der Waals surface area contributed by atoms with Crippen LogP contribution in [0.15, 0.2) is 30.5 Å². The molecule has 5 rings (SSSR count). The second kappa shape index (κ2) is 6.47. The summed E-state index contributed by atoms with van der Waals surface area (Å²) in [6.07, 6.45) is 4.08. The third-order valence-corrected chi connectivity index (χ3v) is 5.56. The van der Waals surface area contributed by atoms with Crippen molar-refractivity contribution in [3.63, 3.8) is 0 Å². The minimum absolute atomic E-state index is 0.0763. The fourth-order valence-corrected chi connectivity index (χ4v) is 3.73. The summed E-state index contributed by atoms with van der Waals surface area (Å²) in [5, 5.41) is 2.87. The van der Waals surface area contributed by atoms with Crippen LogP contribution in [0.4, 0.5) is 0 Å². The van der Waals surface area contributed by atoms with E-state index in [1.165, 1.54) is 12.8 Å². The van der Waals surface area contributed by atoms with Gasteiger partial charge in [-0.1, -0.05) is 12.1 Å². The van der Waals surface area contributed by atoms with Gasteiger partial charge in [0.2, 0.25) is 0 Å². The van der Waals surface area contributed by atoms with Crippen molar-refractivity contribution in [2.45, 2.75) is 25.9 Å². The second-order valence-corrected chi connectivity index (χ2v) is 7.60. The number of nitrogens with zero attached hydrogens (tertiary/aromatic N) is 5. The highest BCUT2D eigenvalue weighted by Gasteiger charge is 2.32. The zero-order valence-corrected chi connectivity index (χ0v) is 15.8. The first-order valence-corrected chi connectivity index (χ1v) is 9.65. The maximum absolute atomic E-state index is 12.6. The van der Waals surface area contributed by atoms with Crippen LogP contribution in [0.3, 0.4) is 0 Å². The summed E-state index contributed by atoms with van der Waals surface area (Å²) in [5.74, 6) is 1.40. The molecule has 0 unspecified atom stereocenters. The summed E-state index contributed by atoms with van der Waals surface area (Å²) in [7, 11) is 1.93. The summed E-state index contributed by atoms with van der Waals surface area (Å²) in [6, 6.07) is 7.85. The number of fused-ring (bicyclic) bond motifs is 2. The molecule has 1 fully saturated rings. The van der Waals surface area contributed by atoms with Crippen LogP contribution in [0.25, 0.3) is 11.0 Å². The molecule has 2 amide bonds. The molecule has 0 atom stereocenters. The van der Waals surface area contributed by atoms with Gasteiger partial charge in [0.25, 0.3) is 11.8 Å². The van der Waals surface area contributed by atoms with Gasteiger partial charge in [-0.25, -0.2) is 9.97 Å². The highest BCUT2D eigenvalue weighted by Crippen LogP contribution is 2.30. The molecule has 3 aromatic rings. The Morgan fingerprint density at radius 1 is 1.21 bits per heavy atom. The molecule has 0 radical (unpaired) electrons. The van der Waals surface area contributed by atoms with Crippen molar-refractivity contribution in [2.75, 3.05) is 13.1 Å². The number of benzene rings is 1. The standard InChI is InChI=1S/C20H22N6O2/c1-24-16-5-3-2-4-14(16)22-17(24)10-21-19(27)15-12-25-8-9-26(11-13-6-7-13)20(28)18(25)23-15/h2-5,12-13H,6-11H2,1H3,(H,21,27). The molecule has 3 heterocycles. The summed E-state index contributed by atoms with van der Waals surface area (Å²) in [5.41, 5.74) is 2.19. The van der Waals surface area contributed by atoms with Gasteiger partial charge >= 0.3 is 0 Å². The summed E-state index contributed by atoms with van der Waals surface area (Å²) >= 11 is 0. The van der Waals surface area contributed by atoms with Gasteiger partial charge in [0.15, 0.2) is 5.82 Å². The van der Waals surface area contributed by atoms with Crippen LogP contribution < -0.4 is 5.32 Å². The van der Waals surface area contributed by atoms with Crippen LogP contribution >= 0.6 is 0 Å². The maximum atomic E-state index is 12.6. The van der Waals surface area contributed by atoms with Crippen LogP contribution in [0, 0.1) is 5.92 Å². The molecule has 1 aliphatic carbocycles. The number of aromatic nitrogens is 4. The van der Waals surface area contributed by atoms with Crippen molar-refractivity contribution < 1.29 is 9.59 Å².